The summed E-state index contributed by atoms with van der Waals surface area (Å²) in [6.07, 6.45) is 3.04. The van der Waals surface area contributed by atoms with Crippen molar-refractivity contribution in [2.75, 3.05) is 0 Å². The molecule has 1 amide bonds. The summed E-state index contributed by atoms with van der Waals surface area (Å²) in [5.41, 5.74) is 0.415. The fraction of sp³-hybridized carbons (Fsp3) is 0.417. The predicted octanol–water partition coefficient (Wildman–Crippen LogP) is 2.72. The Kier molecular flexibility index (Phi) is 3.47. The van der Waals surface area contributed by atoms with Crippen LogP contribution >= 0.6 is 11.3 Å². The highest BCUT2D eigenvalue weighted by Crippen LogP contribution is 2.20. The number of carbonyl (C=O) groups excluding carboxylic acids is 1. The quantitative estimate of drug-likeness (QED) is 0.906. The van der Waals surface area contributed by atoms with Crippen molar-refractivity contribution in [3.05, 3.63) is 23.5 Å². The zero-order valence-corrected chi connectivity index (χ0v) is 11.4. The van der Waals surface area contributed by atoms with Gasteiger partial charge in [0, 0.05) is 12.4 Å². The van der Waals surface area contributed by atoms with Crippen molar-refractivity contribution in [2.24, 2.45) is 0 Å². The molecule has 1 N–H and O–H groups in total. The van der Waals surface area contributed by atoms with Gasteiger partial charge in [0.1, 0.15) is 10.6 Å². The maximum absolute atomic E-state index is 11.5. The first-order valence-corrected chi connectivity index (χ1v) is 6.42. The molecule has 0 aliphatic rings. The minimum atomic E-state index is -0.485. The molecule has 18 heavy (non-hydrogen) atoms. The summed E-state index contributed by atoms with van der Waals surface area (Å²) < 4.78 is 6.16. The van der Waals surface area contributed by atoms with E-state index < -0.39 is 11.7 Å². The Bertz CT molecular complexity index is 527. The van der Waals surface area contributed by atoms with E-state index in [2.05, 4.69) is 15.3 Å². The third-order valence-corrected chi connectivity index (χ3v) is 3.02. The summed E-state index contributed by atoms with van der Waals surface area (Å²) >= 11 is 1.51. The predicted molar refractivity (Wildman–Crippen MR) is 70.5 cm³/mol. The van der Waals surface area contributed by atoms with Gasteiger partial charge < -0.3 is 10.1 Å². The number of nitrogens with zero attached hydrogens (tertiary/aromatic N) is 2. The highest BCUT2D eigenvalue weighted by Gasteiger charge is 2.16. The van der Waals surface area contributed by atoms with Gasteiger partial charge in [-0.1, -0.05) is 0 Å². The maximum atomic E-state index is 11.5. The molecule has 0 fully saturated rings. The van der Waals surface area contributed by atoms with Crippen LogP contribution in [0.15, 0.2) is 18.5 Å². The Labute approximate surface area is 109 Å². The van der Waals surface area contributed by atoms with E-state index in [0.717, 1.165) is 15.2 Å². The summed E-state index contributed by atoms with van der Waals surface area (Å²) in [5, 5.41) is 3.52. The summed E-state index contributed by atoms with van der Waals surface area (Å²) in [6.45, 7) is 5.86. The molecule has 0 aliphatic heterocycles. The Balaban J connectivity index is 1.96. The Morgan fingerprint density at radius 2 is 2.28 bits per heavy atom. The molecule has 0 bridgehead atoms. The van der Waals surface area contributed by atoms with Gasteiger partial charge in [-0.25, -0.2) is 9.78 Å². The maximum Gasteiger partial charge on any atom is 0.408 e. The van der Waals surface area contributed by atoms with Crippen LogP contribution in [0.2, 0.25) is 0 Å². The molecule has 0 radical (unpaired) electrons. The summed E-state index contributed by atoms with van der Waals surface area (Å²) in [6, 6.07) is 1.85. The summed E-state index contributed by atoms with van der Waals surface area (Å²) in [4.78, 5) is 19.9. The minimum absolute atomic E-state index is 0.369. The first-order valence-electron chi connectivity index (χ1n) is 5.60. The van der Waals surface area contributed by atoms with Crippen LogP contribution in [-0.2, 0) is 11.3 Å². The van der Waals surface area contributed by atoms with Gasteiger partial charge >= 0.3 is 6.09 Å². The number of ether oxygens (including phenoxy) is 1. The van der Waals surface area contributed by atoms with Gasteiger partial charge in [0.2, 0.25) is 0 Å². The zero-order valence-electron chi connectivity index (χ0n) is 10.6. The van der Waals surface area contributed by atoms with Crippen LogP contribution in [0.3, 0.4) is 0 Å². The SMILES string of the molecule is CC(C)(C)OC(=O)NCc1nc2ccncc2s1. The number of pyridine rings is 1. The van der Waals surface area contributed by atoms with Gasteiger partial charge in [-0.3, -0.25) is 4.98 Å². The third kappa shape index (κ3) is 3.40. The van der Waals surface area contributed by atoms with E-state index in [1.165, 1.54) is 11.3 Å². The fourth-order valence-corrected chi connectivity index (χ4v) is 2.24. The Hall–Kier alpha value is -1.69. The molecule has 0 unspecified atom stereocenters. The van der Waals surface area contributed by atoms with E-state index in [1.807, 2.05) is 26.8 Å². The number of hydrogen-bond acceptors (Lipinski definition) is 5. The smallest absolute Gasteiger partial charge is 0.408 e. The number of amides is 1. The number of carbonyl (C=O) groups is 1. The standard InChI is InChI=1S/C12H15N3O2S/c1-12(2,3)17-11(16)14-7-10-15-8-4-5-13-6-9(8)18-10/h4-6H,7H2,1-3H3,(H,14,16). The largest absolute Gasteiger partial charge is 0.444 e. The zero-order chi connectivity index (χ0) is 13.2. The van der Waals surface area contributed by atoms with Crippen LogP contribution in [0.25, 0.3) is 10.2 Å². The van der Waals surface area contributed by atoms with Crippen LogP contribution in [0.4, 0.5) is 4.79 Å². The van der Waals surface area contributed by atoms with Crippen LogP contribution in [0.1, 0.15) is 25.8 Å². The topological polar surface area (TPSA) is 64.1 Å². The third-order valence-electron chi connectivity index (χ3n) is 2.02. The molecule has 0 spiro atoms. The number of thiazole rings is 1. The molecule has 2 rings (SSSR count). The van der Waals surface area contributed by atoms with E-state index in [4.69, 9.17) is 4.74 Å². The number of rotatable bonds is 2. The van der Waals surface area contributed by atoms with Gasteiger partial charge in [-0.2, -0.15) is 0 Å². The highest BCUT2D eigenvalue weighted by atomic mass is 32.1. The molecule has 6 heteroatoms. The number of alkyl carbamates (subject to hydrolysis) is 1. The second-order valence-corrected chi connectivity index (χ2v) is 5.92. The molecule has 96 valence electrons. The van der Waals surface area contributed by atoms with Crippen LogP contribution < -0.4 is 5.32 Å². The van der Waals surface area contributed by atoms with Crippen molar-refractivity contribution in [1.29, 1.82) is 0 Å². The molecule has 2 aromatic rings. The summed E-state index contributed by atoms with van der Waals surface area (Å²) in [7, 11) is 0. The lowest BCUT2D eigenvalue weighted by molar-refractivity contribution is 0.0523. The number of fused-ring (bicyclic) bond motifs is 1. The van der Waals surface area contributed by atoms with Gasteiger partial charge in [-0.05, 0) is 26.8 Å². The van der Waals surface area contributed by atoms with Crippen LogP contribution in [0, 0.1) is 0 Å². The molecule has 5 nitrogen and oxygen atoms in total. The minimum Gasteiger partial charge on any atom is -0.444 e. The molecular weight excluding hydrogens is 250 g/mol. The molecule has 0 saturated heterocycles. The lowest BCUT2D eigenvalue weighted by Crippen LogP contribution is -2.32. The van der Waals surface area contributed by atoms with E-state index in [1.54, 1.807) is 12.4 Å². The number of nitrogens with one attached hydrogen (secondary N) is 1. The first-order chi connectivity index (χ1) is 8.44. The molecule has 0 aliphatic carbocycles. The molecule has 0 atom stereocenters. The highest BCUT2D eigenvalue weighted by molar-refractivity contribution is 7.18. The van der Waals surface area contributed by atoms with Gasteiger partial charge in [0.25, 0.3) is 0 Å². The first kappa shape index (κ1) is 12.8. The number of hydrogen-bond donors (Lipinski definition) is 1. The lowest BCUT2D eigenvalue weighted by atomic mass is 10.2. The molecular formula is C12H15N3O2S. The average Bonchev–Trinajstić information content (AvgIpc) is 2.66. The second-order valence-electron chi connectivity index (χ2n) is 4.81. The van der Waals surface area contributed by atoms with Crippen molar-refractivity contribution in [1.82, 2.24) is 15.3 Å². The van der Waals surface area contributed by atoms with Crippen molar-refractivity contribution < 1.29 is 9.53 Å². The lowest BCUT2D eigenvalue weighted by Gasteiger charge is -2.19. The van der Waals surface area contributed by atoms with Crippen LogP contribution in [-0.4, -0.2) is 21.7 Å². The monoisotopic (exact) mass is 265 g/mol. The van der Waals surface area contributed by atoms with E-state index in [0.29, 0.717) is 6.54 Å². The van der Waals surface area contributed by atoms with Crippen molar-refractivity contribution in [3.63, 3.8) is 0 Å². The van der Waals surface area contributed by atoms with Crippen LogP contribution in [0.5, 0.6) is 0 Å². The molecule has 0 saturated carbocycles. The van der Waals surface area contributed by atoms with E-state index >= 15 is 0 Å². The normalized spacial score (nSPS) is 11.5. The Morgan fingerprint density at radius 1 is 1.50 bits per heavy atom. The van der Waals surface area contributed by atoms with Crippen molar-refractivity contribution in [3.8, 4) is 0 Å². The summed E-state index contributed by atoms with van der Waals surface area (Å²) in [5.74, 6) is 0. The average molecular weight is 265 g/mol. The second kappa shape index (κ2) is 4.89. The van der Waals surface area contributed by atoms with Gasteiger partial charge in [0.05, 0.1) is 16.8 Å². The molecule has 2 heterocycles. The molecule has 0 aromatic carbocycles. The van der Waals surface area contributed by atoms with E-state index in [-0.39, 0.29) is 0 Å². The van der Waals surface area contributed by atoms with Crippen molar-refractivity contribution >= 4 is 27.6 Å². The van der Waals surface area contributed by atoms with Crippen molar-refractivity contribution in [2.45, 2.75) is 32.9 Å². The van der Waals surface area contributed by atoms with E-state index in [9.17, 15) is 4.79 Å². The van der Waals surface area contributed by atoms with Gasteiger partial charge in [-0.15, -0.1) is 11.3 Å². The number of aromatic nitrogens is 2. The van der Waals surface area contributed by atoms with Gasteiger partial charge in [0.15, 0.2) is 0 Å². The Morgan fingerprint density at radius 3 is 2.94 bits per heavy atom. The molecule has 2 aromatic heterocycles. The fourth-order valence-electron chi connectivity index (χ4n) is 1.37.